The number of allylic oxidation sites excluding steroid dienone is 1. The van der Waals surface area contributed by atoms with E-state index in [9.17, 15) is 33.1 Å². The predicted molar refractivity (Wildman–Crippen MR) is 125 cm³/mol. The number of carbonyl (C=O) groups is 2. The summed E-state index contributed by atoms with van der Waals surface area (Å²) >= 11 is 1.36. The third-order valence-corrected chi connectivity index (χ3v) is 6.94. The van der Waals surface area contributed by atoms with Crippen molar-refractivity contribution in [1.29, 1.82) is 5.26 Å². The molecule has 2 aromatic rings. The number of nitriles is 1. The normalized spacial score (nSPS) is 18.6. The van der Waals surface area contributed by atoms with E-state index in [0.29, 0.717) is 40.1 Å². The Morgan fingerprint density at radius 1 is 1.17 bits per heavy atom. The minimum absolute atomic E-state index is 0.0123. The van der Waals surface area contributed by atoms with Crippen LogP contribution in [0.2, 0.25) is 0 Å². The monoisotopic (exact) mass is 501 g/mol. The van der Waals surface area contributed by atoms with Crippen LogP contribution in [0.5, 0.6) is 0 Å². The van der Waals surface area contributed by atoms with Gasteiger partial charge in [0.1, 0.15) is 0 Å². The second-order valence-electron chi connectivity index (χ2n) is 8.19. The van der Waals surface area contributed by atoms with Crippen LogP contribution in [0.15, 0.2) is 58.6 Å². The smallest absolute Gasteiger partial charge is 0.395 e. The van der Waals surface area contributed by atoms with Crippen LogP contribution in [0.4, 0.5) is 23.7 Å². The fourth-order valence-corrected chi connectivity index (χ4v) is 5.31. The molecule has 1 heterocycles. The molecule has 0 saturated carbocycles. The van der Waals surface area contributed by atoms with Gasteiger partial charge in [0.25, 0.3) is 0 Å². The van der Waals surface area contributed by atoms with Crippen LogP contribution in [0.25, 0.3) is 0 Å². The summed E-state index contributed by atoms with van der Waals surface area (Å²) in [5.41, 5.74) is 0.870. The number of hydrogen-bond acceptors (Lipinski definition) is 5. The summed E-state index contributed by atoms with van der Waals surface area (Å²) in [6, 6.07) is 10.1. The average molecular weight is 502 g/mol. The lowest BCUT2D eigenvalue weighted by Gasteiger charge is -2.45. The molecule has 0 bridgehead atoms. The maximum atomic E-state index is 13.8. The number of urea groups is 1. The molecule has 0 saturated heterocycles. The summed E-state index contributed by atoms with van der Waals surface area (Å²) in [4.78, 5) is 30.3. The topological polar surface area (TPSA) is 84.6 Å². The van der Waals surface area contributed by atoms with Crippen LogP contribution >= 0.6 is 11.8 Å². The van der Waals surface area contributed by atoms with E-state index in [2.05, 4.69) is 6.07 Å². The van der Waals surface area contributed by atoms with Gasteiger partial charge in [-0.15, -0.1) is 11.8 Å². The van der Waals surface area contributed by atoms with Gasteiger partial charge in [-0.1, -0.05) is 12.1 Å². The summed E-state index contributed by atoms with van der Waals surface area (Å²) < 4.78 is 40.2. The first-order chi connectivity index (χ1) is 16.7. The van der Waals surface area contributed by atoms with E-state index in [1.54, 1.807) is 18.2 Å². The fourth-order valence-electron chi connectivity index (χ4n) is 4.65. The van der Waals surface area contributed by atoms with Crippen molar-refractivity contribution >= 4 is 29.3 Å². The quantitative estimate of drug-likeness (QED) is 0.564. The van der Waals surface area contributed by atoms with Gasteiger partial charge in [0, 0.05) is 29.1 Å². The molecule has 35 heavy (non-hydrogen) atoms. The number of rotatable bonds is 5. The van der Waals surface area contributed by atoms with Crippen molar-refractivity contribution in [3.05, 3.63) is 70.4 Å². The molecule has 1 aliphatic carbocycles. The molecule has 2 aromatic carbocycles. The summed E-state index contributed by atoms with van der Waals surface area (Å²) in [5.74, 6) is -0.194. The van der Waals surface area contributed by atoms with E-state index in [1.165, 1.54) is 33.7 Å². The molecule has 6 nitrogen and oxygen atoms in total. The number of alkyl halides is 3. The van der Waals surface area contributed by atoms with Gasteiger partial charge in [-0.25, -0.2) is 4.79 Å². The maximum Gasteiger partial charge on any atom is 0.416 e. The van der Waals surface area contributed by atoms with Gasteiger partial charge in [0.05, 0.1) is 35.5 Å². The maximum absolute atomic E-state index is 13.8. The first-order valence-electron chi connectivity index (χ1n) is 10.9. The second-order valence-corrected chi connectivity index (χ2v) is 9.04. The van der Waals surface area contributed by atoms with Crippen LogP contribution < -0.4 is 4.90 Å². The Hall–Kier alpha value is -3.29. The number of halogens is 3. The Morgan fingerprint density at radius 2 is 1.94 bits per heavy atom. The van der Waals surface area contributed by atoms with Crippen LogP contribution in [-0.2, 0) is 11.0 Å². The van der Waals surface area contributed by atoms with Crippen LogP contribution in [0.1, 0.15) is 42.0 Å². The first-order valence-corrected chi connectivity index (χ1v) is 12.2. The summed E-state index contributed by atoms with van der Waals surface area (Å²) in [7, 11) is 0. The number of nitrogens with zero attached hydrogens (tertiary/aromatic N) is 3. The highest BCUT2D eigenvalue weighted by molar-refractivity contribution is 7.98. The van der Waals surface area contributed by atoms with Crippen molar-refractivity contribution in [3.8, 4) is 6.07 Å². The summed E-state index contributed by atoms with van der Waals surface area (Å²) in [5, 5.41) is 19.1. The minimum Gasteiger partial charge on any atom is -0.395 e. The number of carbonyl (C=O) groups excluding carboxylic acids is 2. The van der Waals surface area contributed by atoms with E-state index in [-0.39, 0.29) is 24.4 Å². The van der Waals surface area contributed by atoms with Crippen molar-refractivity contribution < 1.29 is 27.9 Å². The SMILES string of the molecule is CSc1cc(C#N)ccc1C1C2=C(CCCC2=O)N(c2cccc(C(F)(F)F)c2)C(=O)N1CCO. The number of aliphatic hydroxyl groups is 1. The number of β-amino-alcohol motifs (C(OH)–C–C–N with tert-alkyl or cyclic N) is 1. The fraction of sp³-hybridized carbons (Fsp3) is 0.320. The van der Waals surface area contributed by atoms with Gasteiger partial charge in [-0.3, -0.25) is 9.69 Å². The molecular weight excluding hydrogens is 479 g/mol. The molecule has 10 heteroatoms. The van der Waals surface area contributed by atoms with Crippen LogP contribution in [-0.4, -0.2) is 41.2 Å². The average Bonchev–Trinajstić information content (AvgIpc) is 2.84. The highest BCUT2D eigenvalue weighted by Gasteiger charge is 2.45. The van der Waals surface area contributed by atoms with Crippen molar-refractivity contribution in [3.63, 3.8) is 0 Å². The zero-order chi connectivity index (χ0) is 25.3. The molecule has 0 radical (unpaired) electrons. The van der Waals surface area contributed by atoms with Crippen LogP contribution in [0.3, 0.4) is 0 Å². The van der Waals surface area contributed by atoms with Gasteiger partial charge in [0.15, 0.2) is 5.78 Å². The number of thioether (sulfide) groups is 1. The zero-order valence-electron chi connectivity index (χ0n) is 18.8. The molecule has 182 valence electrons. The molecule has 4 rings (SSSR count). The summed E-state index contributed by atoms with van der Waals surface area (Å²) in [6.07, 6.45) is -1.73. The number of aliphatic hydroxyl groups excluding tert-OH is 1. The van der Waals surface area contributed by atoms with Gasteiger partial charge < -0.3 is 10.0 Å². The second kappa shape index (κ2) is 9.76. The number of ketones is 1. The van der Waals surface area contributed by atoms with Gasteiger partial charge >= 0.3 is 12.2 Å². The number of amides is 2. The Morgan fingerprint density at radius 3 is 2.60 bits per heavy atom. The third-order valence-electron chi connectivity index (χ3n) is 6.15. The molecule has 1 N–H and O–H groups in total. The van der Waals surface area contributed by atoms with E-state index in [0.717, 1.165) is 12.1 Å². The van der Waals surface area contributed by atoms with Crippen molar-refractivity contribution in [2.45, 2.75) is 36.4 Å². The van der Waals surface area contributed by atoms with Gasteiger partial charge in [0.2, 0.25) is 0 Å². The predicted octanol–water partition coefficient (Wildman–Crippen LogP) is 5.28. The number of hydrogen-bond donors (Lipinski definition) is 1. The molecule has 0 fully saturated rings. The lowest BCUT2D eigenvalue weighted by atomic mass is 9.83. The number of Topliss-reactive ketones (excluding diaryl/α,β-unsaturated/α-hetero) is 1. The molecule has 1 unspecified atom stereocenters. The minimum atomic E-state index is -4.60. The van der Waals surface area contributed by atoms with E-state index < -0.39 is 30.4 Å². The van der Waals surface area contributed by atoms with Gasteiger partial charge in [-0.05, 0) is 55.0 Å². The molecule has 0 aromatic heterocycles. The van der Waals surface area contributed by atoms with Crippen molar-refractivity contribution in [2.75, 3.05) is 24.3 Å². The first kappa shape index (κ1) is 24.8. The third kappa shape index (κ3) is 4.54. The Balaban J connectivity index is 1.96. The number of benzene rings is 2. The van der Waals surface area contributed by atoms with Gasteiger partial charge in [-0.2, -0.15) is 18.4 Å². The molecular formula is C25H22F3N3O3S. The molecule has 0 spiro atoms. The molecule has 2 amide bonds. The van der Waals surface area contributed by atoms with E-state index >= 15 is 0 Å². The molecule has 2 aliphatic rings. The Bertz CT molecular complexity index is 1250. The van der Waals surface area contributed by atoms with E-state index in [4.69, 9.17) is 0 Å². The zero-order valence-corrected chi connectivity index (χ0v) is 19.6. The van der Waals surface area contributed by atoms with E-state index in [1.807, 2.05) is 6.26 Å². The van der Waals surface area contributed by atoms with Crippen molar-refractivity contribution in [1.82, 2.24) is 4.90 Å². The Kier molecular flexibility index (Phi) is 6.92. The highest BCUT2D eigenvalue weighted by Crippen LogP contribution is 2.46. The lowest BCUT2D eigenvalue weighted by Crippen LogP contribution is -2.53. The summed E-state index contributed by atoms with van der Waals surface area (Å²) in [6.45, 7) is -0.531. The molecule has 1 atom stereocenters. The molecule has 1 aliphatic heterocycles. The Labute approximate surface area is 204 Å². The lowest BCUT2D eigenvalue weighted by molar-refractivity contribution is -0.137. The standard InChI is InChI=1S/C25H22F3N3O3S/c1-35-21-12-15(14-29)8-9-18(21)23-22-19(6-3-7-20(22)33)31(24(34)30(23)10-11-32)17-5-2-4-16(13-17)25(26,27)28/h2,4-5,8-9,12-13,23,32H,3,6-7,10-11H2,1H3. The van der Waals surface area contributed by atoms with Crippen LogP contribution in [0, 0.1) is 11.3 Å². The number of anilines is 1. The van der Waals surface area contributed by atoms with Crippen molar-refractivity contribution in [2.24, 2.45) is 0 Å². The largest absolute Gasteiger partial charge is 0.416 e. The highest BCUT2D eigenvalue weighted by atomic mass is 32.2.